The molecular formula is C24H27FN3O4P. The van der Waals surface area contributed by atoms with E-state index in [4.69, 9.17) is 0 Å². The van der Waals surface area contributed by atoms with Gasteiger partial charge in [-0.2, -0.15) is 5.10 Å². The van der Waals surface area contributed by atoms with Gasteiger partial charge < -0.3 is 15.1 Å². The van der Waals surface area contributed by atoms with Crippen molar-refractivity contribution < 1.29 is 23.5 Å². The molecule has 1 aromatic heterocycles. The molecule has 33 heavy (non-hydrogen) atoms. The zero-order chi connectivity index (χ0) is 24.2. The summed E-state index contributed by atoms with van der Waals surface area (Å²) in [5, 5.41) is 5.69. The van der Waals surface area contributed by atoms with Crippen molar-refractivity contribution >= 4 is 25.3 Å². The Morgan fingerprint density at radius 3 is 2.42 bits per heavy atom. The minimum absolute atomic E-state index is 0.293. The molecule has 1 heterocycles. The highest BCUT2D eigenvalue weighted by atomic mass is 31.2. The molecule has 2 aromatic carbocycles. The molecule has 3 aromatic rings. The third kappa shape index (κ3) is 5.14. The summed E-state index contributed by atoms with van der Waals surface area (Å²) in [6, 6.07) is 12.7. The first-order valence-corrected chi connectivity index (χ1v) is 12.2. The fraction of sp³-hybridized carbons (Fsp3) is 0.250. The fourth-order valence-electron chi connectivity index (χ4n) is 4.02. The minimum Gasteiger partial charge on any atom is -0.324 e. The van der Waals surface area contributed by atoms with Gasteiger partial charge in [0.05, 0.1) is 17.0 Å². The van der Waals surface area contributed by atoms with Gasteiger partial charge in [0.1, 0.15) is 5.82 Å². The van der Waals surface area contributed by atoms with E-state index in [1.54, 1.807) is 74.2 Å². The number of hydrogen-bond acceptors (Lipinski definition) is 3. The number of rotatable bonds is 8. The topological polar surface area (TPSA) is 104 Å². The lowest BCUT2D eigenvalue weighted by molar-refractivity contribution is -0.111. The highest BCUT2D eigenvalue weighted by Crippen LogP contribution is 2.60. The van der Waals surface area contributed by atoms with Crippen molar-refractivity contribution in [2.45, 2.75) is 31.8 Å². The molecule has 0 aliphatic carbocycles. The monoisotopic (exact) mass is 471 g/mol. The maximum absolute atomic E-state index is 13.6. The molecule has 0 atom stereocenters. The van der Waals surface area contributed by atoms with Crippen LogP contribution in [0.2, 0.25) is 0 Å². The first kappa shape index (κ1) is 24.6. The van der Waals surface area contributed by atoms with Gasteiger partial charge in [-0.3, -0.25) is 14.0 Å². The number of nitrogens with one attached hydrogen (secondary N) is 1. The van der Waals surface area contributed by atoms with Crippen LogP contribution in [-0.4, -0.2) is 25.5 Å². The Morgan fingerprint density at radius 2 is 1.85 bits per heavy atom. The van der Waals surface area contributed by atoms with E-state index < -0.39 is 12.8 Å². The molecule has 0 bridgehead atoms. The fourth-order valence-corrected chi connectivity index (χ4v) is 5.33. The molecule has 174 valence electrons. The number of carbonyl (C=O) groups is 1. The largest absolute Gasteiger partial charge is 0.335 e. The number of amides is 1. The third-order valence-electron chi connectivity index (χ3n) is 5.90. The number of hydrogen-bond donors (Lipinski definition) is 3. The van der Waals surface area contributed by atoms with Crippen LogP contribution >= 0.6 is 7.60 Å². The highest BCUT2D eigenvalue weighted by Gasteiger charge is 2.45. The summed E-state index contributed by atoms with van der Waals surface area (Å²) < 4.78 is 27.4. The second kappa shape index (κ2) is 9.83. The van der Waals surface area contributed by atoms with E-state index in [2.05, 4.69) is 10.4 Å². The number of nitrogens with zero attached hydrogens (tertiary/aromatic N) is 2. The van der Waals surface area contributed by atoms with Gasteiger partial charge in [-0.15, -0.1) is 0 Å². The Morgan fingerprint density at radius 1 is 1.18 bits per heavy atom. The van der Waals surface area contributed by atoms with Crippen molar-refractivity contribution in [1.82, 2.24) is 9.78 Å². The van der Waals surface area contributed by atoms with Crippen molar-refractivity contribution in [1.29, 1.82) is 0 Å². The van der Waals surface area contributed by atoms with Gasteiger partial charge in [0.15, 0.2) is 0 Å². The van der Waals surface area contributed by atoms with Crippen molar-refractivity contribution in [3.8, 4) is 11.3 Å². The normalized spacial score (nSPS) is 12.3. The van der Waals surface area contributed by atoms with Gasteiger partial charge in [0.25, 0.3) is 0 Å². The van der Waals surface area contributed by atoms with Crippen molar-refractivity contribution in [3.63, 3.8) is 0 Å². The second-order valence-electron chi connectivity index (χ2n) is 7.77. The van der Waals surface area contributed by atoms with Gasteiger partial charge >= 0.3 is 7.60 Å². The van der Waals surface area contributed by atoms with Crippen LogP contribution in [0.25, 0.3) is 17.3 Å². The maximum atomic E-state index is 13.6. The van der Waals surface area contributed by atoms with Crippen LogP contribution in [-0.2, 0) is 21.6 Å². The standard InChI is InChI=1S/C24H27FN3O4P/c1-4-24(5-2,33(30,31)32)19-10-12-21(13-11-19)27-22(29)14-9-18-16-26-28(3)23(18)17-7-6-8-20(25)15-17/h6-16H,4-5H2,1-3H3,(H,27,29)(H2,30,31,32)/b14-9+. The highest BCUT2D eigenvalue weighted by molar-refractivity contribution is 7.53. The van der Waals surface area contributed by atoms with Crippen LogP contribution < -0.4 is 5.32 Å². The lowest BCUT2D eigenvalue weighted by atomic mass is 9.92. The molecule has 3 N–H and O–H groups in total. The summed E-state index contributed by atoms with van der Waals surface area (Å²) >= 11 is 0. The van der Waals surface area contributed by atoms with E-state index >= 15 is 0 Å². The van der Waals surface area contributed by atoms with E-state index in [1.165, 1.54) is 18.2 Å². The number of halogens is 1. The van der Waals surface area contributed by atoms with Crippen molar-refractivity contribution in [3.05, 3.63) is 77.7 Å². The van der Waals surface area contributed by atoms with Gasteiger partial charge in [-0.25, -0.2) is 4.39 Å². The maximum Gasteiger partial charge on any atom is 0.335 e. The summed E-state index contributed by atoms with van der Waals surface area (Å²) in [5.74, 6) is -0.747. The number of anilines is 1. The average Bonchev–Trinajstić information content (AvgIpc) is 3.14. The Kier molecular flexibility index (Phi) is 7.32. The Bertz CT molecular complexity index is 1210. The second-order valence-corrected chi connectivity index (χ2v) is 9.71. The third-order valence-corrected chi connectivity index (χ3v) is 7.90. The summed E-state index contributed by atoms with van der Waals surface area (Å²) in [6.45, 7) is 3.50. The molecule has 0 fully saturated rings. The van der Waals surface area contributed by atoms with Gasteiger partial charge in [0, 0.05) is 29.9 Å². The molecule has 7 nitrogen and oxygen atoms in total. The zero-order valence-corrected chi connectivity index (χ0v) is 19.6. The van der Waals surface area contributed by atoms with Gasteiger partial charge in [-0.05, 0) is 48.7 Å². The molecule has 1 amide bonds. The van der Waals surface area contributed by atoms with Crippen LogP contribution in [0.1, 0.15) is 37.8 Å². The molecule has 0 aliphatic rings. The van der Waals surface area contributed by atoms with Crippen molar-refractivity contribution in [2.24, 2.45) is 7.05 Å². The number of aryl methyl sites for hydroxylation is 1. The molecule has 9 heteroatoms. The zero-order valence-electron chi connectivity index (χ0n) is 18.7. The van der Waals surface area contributed by atoms with Crippen LogP contribution in [0, 0.1) is 5.82 Å². The van der Waals surface area contributed by atoms with Crippen LogP contribution in [0.15, 0.2) is 60.8 Å². The quantitative estimate of drug-likeness (QED) is 0.314. The Labute approximate surface area is 192 Å². The smallest absolute Gasteiger partial charge is 0.324 e. The molecule has 3 rings (SSSR count). The lowest BCUT2D eigenvalue weighted by Gasteiger charge is -2.33. The van der Waals surface area contributed by atoms with E-state index in [0.29, 0.717) is 40.9 Å². The number of benzene rings is 2. The summed E-state index contributed by atoms with van der Waals surface area (Å²) in [7, 11) is -2.64. The van der Waals surface area contributed by atoms with Crippen LogP contribution in [0.3, 0.4) is 0 Å². The van der Waals surface area contributed by atoms with Gasteiger partial charge in [-0.1, -0.05) is 38.1 Å². The molecular weight excluding hydrogens is 444 g/mol. The lowest BCUT2D eigenvalue weighted by Crippen LogP contribution is -2.24. The van der Waals surface area contributed by atoms with Crippen LogP contribution in [0.4, 0.5) is 10.1 Å². The molecule has 0 saturated carbocycles. The average molecular weight is 471 g/mol. The Hall–Kier alpha value is -3.06. The predicted molar refractivity (Wildman–Crippen MR) is 127 cm³/mol. The summed E-state index contributed by atoms with van der Waals surface area (Å²) in [6.07, 6.45) is 5.13. The molecule has 0 spiro atoms. The summed E-state index contributed by atoms with van der Waals surface area (Å²) in [4.78, 5) is 32.2. The van der Waals surface area contributed by atoms with E-state index in [1.807, 2.05) is 0 Å². The van der Waals surface area contributed by atoms with Crippen LogP contribution in [0.5, 0.6) is 0 Å². The molecule has 0 aliphatic heterocycles. The first-order valence-electron chi connectivity index (χ1n) is 10.5. The minimum atomic E-state index is -4.38. The first-order chi connectivity index (χ1) is 15.6. The number of aromatic nitrogens is 2. The number of carbonyl (C=O) groups excluding carboxylic acids is 1. The van der Waals surface area contributed by atoms with E-state index in [9.17, 15) is 23.5 Å². The Balaban J connectivity index is 1.77. The molecule has 0 saturated heterocycles. The molecule has 0 unspecified atom stereocenters. The van der Waals surface area contributed by atoms with E-state index in [-0.39, 0.29) is 11.7 Å². The SMILES string of the molecule is CCC(CC)(c1ccc(NC(=O)/C=C/c2cnn(C)c2-c2cccc(F)c2)cc1)P(=O)(O)O. The van der Waals surface area contributed by atoms with E-state index in [0.717, 1.165) is 0 Å². The summed E-state index contributed by atoms with van der Waals surface area (Å²) in [5.41, 5.74) is 3.01. The van der Waals surface area contributed by atoms with Gasteiger partial charge in [0.2, 0.25) is 5.91 Å². The predicted octanol–water partition coefficient (Wildman–Crippen LogP) is 5.07. The molecule has 0 radical (unpaired) electrons. The van der Waals surface area contributed by atoms with Crippen molar-refractivity contribution in [2.75, 3.05) is 5.32 Å².